The fraction of sp³-hybridized carbons (Fsp3) is 0.538. The van der Waals surface area contributed by atoms with Crippen LogP contribution in [-0.2, 0) is 0 Å². The average molecular weight is 316 g/mol. The van der Waals surface area contributed by atoms with Gasteiger partial charge in [0, 0.05) is 25.2 Å². The summed E-state index contributed by atoms with van der Waals surface area (Å²) in [6, 6.07) is 3.64. The molecule has 1 saturated heterocycles. The molecule has 1 atom stereocenters. The molecule has 1 fully saturated rings. The Balaban J connectivity index is 2.27. The van der Waals surface area contributed by atoms with E-state index in [4.69, 9.17) is 5.73 Å². The van der Waals surface area contributed by atoms with Gasteiger partial charge in [-0.25, -0.2) is 4.39 Å². The van der Waals surface area contributed by atoms with Gasteiger partial charge in [0.1, 0.15) is 5.82 Å². The Labute approximate surface area is 116 Å². The molecule has 5 heteroatoms. The molecular formula is C13H19BrFN3. The molecule has 0 saturated carbocycles. The number of hydrogen-bond acceptors (Lipinski definition) is 3. The van der Waals surface area contributed by atoms with Gasteiger partial charge in [-0.2, -0.15) is 0 Å². The summed E-state index contributed by atoms with van der Waals surface area (Å²) >= 11 is 3.23. The van der Waals surface area contributed by atoms with Crippen molar-refractivity contribution in [2.75, 3.05) is 37.8 Å². The second kappa shape index (κ2) is 5.45. The number of hydrogen-bond donors (Lipinski definition) is 1. The molecule has 1 aromatic rings. The van der Waals surface area contributed by atoms with E-state index in [1.165, 1.54) is 6.07 Å². The van der Waals surface area contributed by atoms with Crippen molar-refractivity contribution < 1.29 is 4.39 Å². The van der Waals surface area contributed by atoms with Gasteiger partial charge >= 0.3 is 0 Å². The maximum Gasteiger partial charge on any atom is 0.139 e. The average Bonchev–Trinajstić information content (AvgIpc) is 2.70. The van der Waals surface area contributed by atoms with Gasteiger partial charge in [-0.05, 0) is 48.9 Å². The number of halogens is 2. The van der Waals surface area contributed by atoms with E-state index in [-0.39, 0.29) is 5.82 Å². The zero-order valence-corrected chi connectivity index (χ0v) is 12.4. The van der Waals surface area contributed by atoms with Crippen LogP contribution in [0, 0.1) is 5.82 Å². The van der Waals surface area contributed by atoms with Crippen LogP contribution in [0.1, 0.15) is 12.8 Å². The summed E-state index contributed by atoms with van der Waals surface area (Å²) in [5.74, 6) is -0.306. The van der Waals surface area contributed by atoms with Gasteiger partial charge in [-0.15, -0.1) is 0 Å². The maximum atomic E-state index is 13.4. The molecule has 3 nitrogen and oxygen atoms in total. The van der Waals surface area contributed by atoms with Crippen molar-refractivity contribution in [2.45, 2.75) is 18.9 Å². The number of nitrogens with zero attached hydrogens (tertiary/aromatic N) is 2. The van der Waals surface area contributed by atoms with Crippen molar-refractivity contribution in [1.82, 2.24) is 4.90 Å². The zero-order valence-electron chi connectivity index (χ0n) is 10.8. The Morgan fingerprint density at radius 2 is 2.22 bits per heavy atom. The maximum absolute atomic E-state index is 13.4. The van der Waals surface area contributed by atoms with Crippen LogP contribution < -0.4 is 10.6 Å². The minimum absolute atomic E-state index is 0.306. The first-order valence-electron chi connectivity index (χ1n) is 6.15. The summed E-state index contributed by atoms with van der Waals surface area (Å²) < 4.78 is 13.9. The molecule has 2 N–H and O–H groups in total. The smallest absolute Gasteiger partial charge is 0.139 e. The third kappa shape index (κ3) is 2.78. The highest BCUT2D eigenvalue weighted by Gasteiger charge is 2.27. The van der Waals surface area contributed by atoms with Gasteiger partial charge in [0.2, 0.25) is 0 Å². The van der Waals surface area contributed by atoms with Crippen molar-refractivity contribution in [1.29, 1.82) is 0 Å². The number of anilines is 2. The molecule has 0 spiro atoms. The van der Waals surface area contributed by atoms with E-state index >= 15 is 0 Å². The minimum atomic E-state index is -0.306. The van der Waals surface area contributed by atoms with Gasteiger partial charge in [0.15, 0.2) is 0 Å². The van der Waals surface area contributed by atoms with Crippen LogP contribution in [0.2, 0.25) is 0 Å². The fourth-order valence-corrected chi connectivity index (χ4v) is 2.90. The third-order valence-electron chi connectivity index (χ3n) is 3.33. The Hall–Kier alpha value is -0.810. The number of nitrogens with two attached hydrogens (primary N) is 1. The molecule has 2 rings (SSSR count). The number of nitrogen functional groups attached to an aromatic ring is 1. The Morgan fingerprint density at radius 3 is 2.89 bits per heavy atom. The van der Waals surface area contributed by atoms with Crippen LogP contribution in [0.4, 0.5) is 15.8 Å². The highest BCUT2D eigenvalue weighted by Crippen LogP contribution is 2.34. The van der Waals surface area contributed by atoms with E-state index in [1.54, 1.807) is 6.07 Å². The first-order valence-corrected chi connectivity index (χ1v) is 6.94. The molecule has 100 valence electrons. The second-order valence-electron chi connectivity index (χ2n) is 5.08. The first-order chi connectivity index (χ1) is 8.49. The quantitative estimate of drug-likeness (QED) is 0.870. The standard InChI is InChI=1S/C13H19BrFN3/c1-17(2)8-9-4-3-5-18(9)13-6-10(14)11(15)7-12(13)16/h6-7,9H,3-5,8,16H2,1-2H3. The number of rotatable bonds is 3. The van der Waals surface area contributed by atoms with Crippen LogP contribution in [0.25, 0.3) is 0 Å². The van der Waals surface area contributed by atoms with Crippen LogP contribution in [0.15, 0.2) is 16.6 Å². The van der Waals surface area contributed by atoms with Crippen LogP contribution >= 0.6 is 15.9 Å². The molecule has 0 bridgehead atoms. The van der Waals surface area contributed by atoms with Crippen molar-refractivity contribution in [3.63, 3.8) is 0 Å². The van der Waals surface area contributed by atoms with Crippen molar-refractivity contribution in [3.8, 4) is 0 Å². The number of likely N-dealkylation sites (N-methyl/N-ethyl adjacent to an activating group) is 1. The molecule has 1 heterocycles. The summed E-state index contributed by atoms with van der Waals surface area (Å²) in [4.78, 5) is 4.47. The second-order valence-corrected chi connectivity index (χ2v) is 5.93. The molecule has 0 aromatic heterocycles. The molecule has 0 aliphatic carbocycles. The summed E-state index contributed by atoms with van der Waals surface area (Å²) in [7, 11) is 4.14. The highest BCUT2D eigenvalue weighted by atomic mass is 79.9. The van der Waals surface area contributed by atoms with Gasteiger partial charge < -0.3 is 15.5 Å². The Morgan fingerprint density at radius 1 is 1.50 bits per heavy atom. The first kappa shape index (κ1) is 13.6. The van der Waals surface area contributed by atoms with Crippen molar-refractivity contribution >= 4 is 27.3 Å². The highest BCUT2D eigenvalue weighted by molar-refractivity contribution is 9.10. The minimum Gasteiger partial charge on any atom is -0.397 e. The summed E-state index contributed by atoms with van der Waals surface area (Å²) in [5, 5.41) is 0. The van der Waals surface area contributed by atoms with Crippen LogP contribution in [0.3, 0.4) is 0 Å². The lowest BCUT2D eigenvalue weighted by Gasteiger charge is -2.30. The molecule has 1 aliphatic heterocycles. The lowest BCUT2D eigenvalue weighted by Crippen LogP contribution is -2.37. The predicted molar refractivity (Wildman–Crippen MR) is 77.4 cm³/mol. The third-order valence-corrected chi connectivity index (χ3v) is 3.94. The van der Waals surface area contributed by atoms with Crippen LogP contribution in [-0.4, -0.2) is 38.1 Å². The lowest BCUT2D eigenvalue weighted by atomic mass is 10.2. The zero-order chi connectivity index (χ0) is 13.3. The van der Waals surface area contributed by atoms with Gasteiger partial charge in [0.05, 0.1) is 15.8 Å². The van der Waals surface area contributed by atoms with E-state index in [2.05, 4.69) is 39.8 Å². The van der Waals surface area contributed by atoms with Gasteiger partial charge in [-0.3, -0.25) is 0 Å². The summed E-state index contributed by atoms with van der Waals surface area (Å²) in [5.41, 5.74) is 7.40. The van der Waals surface area contributed by atoms with E-state index in [1.807, 2.05) is 0 Å². The number of benzene rings is 1. The van der Waals surface area contributed by atoms with E-state index in [0.29, 0.717) is 16.2 Å². The van der Waals surface area contributed by atoms with Gasteiger partial charge in [-0.1, -0.05) is 0 Å². The van der Waals surface area contributed by atoms with E-state index in [9.17, 15) is 4.39 Å². The van der Waals surface area contributed by atoms with E-state index in [0.717, 1.165) is 31.6 Å². The largest absolute Gasteiger partial charge is 0.397 e. The van der Waals surface area contributed by atoms with Crippen molar-refractivity contribution in [2.24, 2.45) is 0 Å². The van der Waals surface area contributed by atoms with E-state index < -0.39 is 0 Å². The molecule has 1 aliphatic rings. The topological polar surface area (TPSA) is 32.5 Å². The Bertz CT molecular complexity index is 436. The molecule has 0 amide bonds. The lowest BCUT2D eigenvalue weighted by molar-refractivity contribution is 0.372. The summed E-state index contributed by atoms with van der Waals surface area (Å²) in [6.45, 7) is 1.98. The van der Waals surface area contributed by atoms with Crippen LogP contribution in [0.5, 0.6) is 0 Å². The predicted octanol–water partition coefficient (Wildman–Crippen LogP) is 2.70. The monoisotopic (exact) mass is 315 g/mol. The van der Waals surface area contributed by atoms with Crippen molar-refractivity contribution in [3.05, 3.63) is 22.4 Å². The Kier molecular flexibility index (Phi) is 4.12. The molecule has 1 unspecified atom stereocenters. The fourth-order valence-electron chi connectivity index (χ4n) is 2.56. The molecule has 1 aromatic carbocycles. The SMILES string of the molecule is CN(C)CC1CCCN1c1cc(Br)c(F)cc1N. The summed E-state index contributed by atoms with van der Waals surface area (Å²) in [6.07, 6.45) is 2.32. The normalized spacial score (nSPS) is 19.8. The molecule has 18 heavy (non-hydrogen) atoms. The molecular weight excluding hydrogens is 297 g/mol. The molecule has 0 radical (unpaired) electrons. The van der Waals surface area contributed by atoms with Gasteiger partial charge in [0.25, 0.3) is 0 Å².